The fourth-order valence-electron chi connectivity index (χ4n) is 2.59. The molecule has 88 valence electrons. The second-order valence-corrected chi connectivity index (χ2v) is 5.79. The second-order valence-electron chi connectivity index (χ2n) is 4.94. The molecule has 2 atom stereocenters. The summed E-state index contributed by atoms with van der Waals surface area (Å²) in [4.78, 5) is 2.61. The summed E-state index contributed by atoms with van der Waals surface area (Å²) in [6.07, 6.45) is 2.73. The van der Waals surface area contributed by atoms with Crippen LogP contribution in [0.25, 0.3) is 0 Å². The van der Waals surface area contributed by atoms with Gasteiger partial charge in [0.15, 0.2) is 0 Å². The summed E-state index contributed by atoms with van der Waals surface area (Å²) >= 11 is 3.65. The second kappa shape index (κ2) is 5.33. The smallest absolute Gasteiger partial charge is 0.0331 e. The van der Waals surface area contributed by atoms with Crippen LogP contribution < -0.4 is 0 Å². The van der Waals surface area contributed by atoms with Gasteiger partial charge in [0.05, 0.1) is 0 Å². The van der Waals surface area contributed by atoms with Crippen molar-refractivity contribution in [1.82, 2.24) is 4.90 Å². The molecule has 1 nitrogen and oxygen atoms in total. The van der Waals surface area contributed by atoms with Crippen LogP contribution in [0.5, 0.6) is 0 Å². The number of nitrogens with zero attached hydrogens (tertiary/aromatic N) is 1. The van der Waals surface area contributed by atoms with Crippen LogP contribution in [0.3, 0.4) is 0 Å². The molecule has 1 aromatic rings. The monoisotopic (exact) mass is 281 g/mol. The predicted molar refractivity (Wildman–Crippen MR) is 72.5 cm³/mol. The first-order valence-corrected chi connectivity index (χ1v) is 6.96. The van der Waals surface area contributed by atoms with Crippen LogP contribution in [0, 0.1) is 5.92 Å². The molecule has 1 aliphatic heterocycles. The van der Waals surface area contributed by atoms with Gasteiger partial charge in [0.2, 0.25) is 0 Å². The molecule has 0 amide bonds. The van der Waals surface area contributed by atoms with E-state index in [1.165, 1.54) is 36.0 Å². The molecule has 0 N–H and O–H groups in total. The fraction of sp³-hybridized carbons (Fsp3) is 0.571. The molecule has 0 saturated carbocycles. The minimum absolute atomic E-state index is 0.526. The highest BCUT2D eigenvalue weighted by atomic mass is 79.9. The molecule has 16 heavy (non-hydrogen) atoms. The van der Waals surface area contributed by atoms with Crippen LogP contribution in [0.1, 0.15) is 38.3 Å². The molecule has 2 rings (SSSR count). The van der Waals surface area contributed by atoms with Gasteiger partial charge in [-0.25, -0.2) is 0 Å². The molecule has 1 heterocycles. The van der Waals surface area contributed by atoms with E-state index in [0.717, 1.165) is 5.92 Å². The Morgan fingerprint density at radius 3 is 2.81 bits per heavy atom. The lowest BCUT2D eigenvalue weighted by molar-refractivity contribution is 0.138. The van der Waals surface area contributed by atoms with E-state index in [1.54, 1.807) is 0 Å². The number of likely N-dealkylation sites (tertiary alicyclic amines) is 1. The Morgan fingerprint density at radius 2 is 2.12 bits per heavy atom. The summed E-state index contributed by atoms with van der Waals surface area (Å²) in [5.74, 6) is 0.846. The van der Waals surface area contributed by atoms with Crippen LogP contribution in [0.4, 0.5) is 0 Å². The molecule has 2 unspecified atom stereocenters. The highest BCUT2D eigenvalue weighted by molar-refractivity contribution is 9.10. The Morgan fingerprint density at radius 1 is 1.38 bits per heavy atom. The van der Waals surface area contributed by atoms with E-state index < -0.39 is 0 Å². The van der Waals surface area contributed by atoms with E-state index in [4.69, 9.17) is 0 Å². The Hall–Kier alpha value is -0.340. The number of hydrogen-bond acceptors (Lipinski definition) is 1. The van der Waals surface area contributed by atoms with Crippen molar-refractivity contribution in [2.75, 3.05) is 13.1 Å². The van der Waals surface area contributed by atoms with E-state index in [0.29, 0.717) is 6.04 Å². The van der Waals surface area contributed by atoms with Crippen molar-refractivity contribution in [3.8, 4) is 0 Å². The normalized spacial score (nSPS) is 24.3. The Kier molecular flexibility index (Phi) is 4.04. The fourth-order valence-corrected chi connectivity index (χ4v) is 3.20. The molecule has 0 aliphatic carbocycles. The molecule has 0 spiro atoms. The average Bonchev–Trinajstić information content (AvgIpc) is 2.29. The zero-order valence-electron chi connectivity index (χ0n) is 10.1. The zero-order valence-corrected chi connectivity index (χ0v) is 11.7. The van der Waals surface area contributed by atoms with Crippen molar-refractivity contribution in [3.05, 3.63) is 34.3 Å². The maximum atomic E-state index is 3.65. The van der Waals surface area contributed by atoms with Crippen LogP contribution in [0.15, 0.2) is 28.7 Å². The molecule has 0 radical (unpaired) electrons. The van der Waals surface area contributed by atoms with Crippen LogP contribution in [-0.2, 0) is 0 Å². The molecule has 1 saturated heterocycles. The van der Waals surface area contributed by atoms with Crippen LogP contribution >= 0.6 is 15.9 Å². The molecule has 1 aromatic carbocycles. The summed E-state index contributed by atoms with van der Waals surface area (Å²) in [6.45, 7) is 7.16. The van der Waals surface area contributed by atoms with Crippen molar-refractivity contribution in [2.24, 2.45) is 5.92 Å². The third-order valence-electron chi connectivity index (χ3n) is 3.59. The van der Waals surface area contributed by atoms with Gasteiger partial charge in [0.25, 0.3) is 0 Å². The summed E-state index contributed by atoms with van der Waals surface area (Å²) in [5.41, 5.74) is 1.41. The molecule has 1 fully saturated rings. The number of piperidine rings is 1. The standard InChI is InChI=1S/C14H20BrN/c1-11-6-5-9-16(10-11)12(2)13-7-3-4-8-14(13)15/h3-4,7-8,11-12H,5-6,9-10H2,1-2H3. The first-order chi connectivity index (χ1) is 7.68. The number of benzene rings is 1. The van der Waals surface area contributed by atoms with E-state index >= 15 is 0 Å². The number of hydrogen-bond donors (Lipinski definition) is 0. The van der Waals surface area contributed by atoms with Gasteiger partial charge >= 0.3 is 0 Å². The Balaban J connectivity index is 2.12. The van der Waals surface area contributed by atoms with Gasteiger partial charge in [-0.15, -0.1) is 0 Å². The summed E-state index contributed by atoms with van der Waals surface area (Å²) in [6, 6.07) is 9.11. The minimum Gasteiger partial charge on any atom is -0.296 e. The van der Waals surface area contributed by atoms with Gasteiger partial charge in [0, 0.05) is 17.1 Å². The third kappa shape index (κ3) is 2.67. The molecule has 2 heteroatoms. The average molecular weight is 282 g/mol. The van der Waals surface area contributed by atoms with E-state index in [1.807, 2.05) is 0 Å². The minimum atomic E-state index is 0.526. The third-order valence-corrected chi connectivity index (χ3v) is 4.31. The van der Waals surface area contributed by atoms with E-state index in [-0.39, 0.29) is 0 Å². The van der Waals surface area contributed by atoms with Crippen molar-refractivity contribution in [3.63, 3.8) is 0 Å². The molecular formula is C14H20BrN. The van der Waals surface area contributed by atoms with Gasteiger partial charge in [-0.3, -0.25) is 4.90 Å². The van der Waals surface area contributed by atoms with Crippen LogP contribution in [0.2, 0.25) is 0 Å². The predicted octanol–water partition coefficient (Wildman–Crippen LogP) is 4.24. The van der Waals surface area contributed by atoms with Gasteiger partial charge in [-0.05, 0) is 43.9 Å². The largest absolute Gasteiger partial charge is 0.296 e. The van der Waals surface area contributed by atoms with Gasteiger partial charge in [0.1, 0.15) is 0 Å². The van der Waals surface area contributed by atoms with Crippen molar-refractivity contribution in [2.45, 2.75) is 32.7 Å². The molecule has 1 aliphatic rings. The number of halogens is 1. The summed E-state index contributed by atoms with van der Waals surface area (Å²) < 4.78 is 1.24. The van der Waals surface area contributed by atoms with Gasteiger partial charge in [-0.2, -0.15) is 0 Å². The van der Waals surface area contributed by atoms with Crippen molar-refractivity contribution < 1.29 is 0 Å². The highest BCUT2D eigenvalue weighted by Crippen LogP contribution is 2.30. The highest BCUT2D eigenvalue weighted by Gasteiger charge is 2.22. The first-order valence-electron chi connectivity index (χ1n) is 6.17. The summed E-state index contributed by atoms with van der Waals surface area (Å²) in [7, 11) is 0. The maximum absolute atomic E-state index is 3.65. The summed E-state index contributed by atoms with van der Waals surface area (Å²) in [5, 5.41) is 0. The van der Waals surface area contributed by atoms with E-state index in [2.05, 4.69) is 58.9 Å². The lowest BCUT2D eigenvalue weighted by atomic mass is 9.97. The van der Waals surface area contributed by atoms with Crippen LogP contribution in [-0.4, -0.2) is 18.0 Å². The van der Waals surface area contributed by atoms with E-state index in [9.17, 15) is 0 Å². The molecule has 0 bridgehead atoms. The molecular weight excluding hydrogens is 262 g/mol. The van der Waals surface area contributed by atoms with Gasteiger partial charge < -0.3 is 0 Å². The Labute approximate surface area is 107 Å². The lowest BCUT2D eigenvalue weighted by Crippen LogP contribution is -2.36. The zero-order chi connectivity index (χ0) is 11.5. The SMILES string of the molecule is CC1CCCN(C(C)c2ccccc2Br)C1. The first kappa shape index (κ1) is 12.1. The lowest BCUT2D eigenvalue weighted by Gasteiger charge is -2.36. The molecule has 0 aromatic heterocycles. The van der Waals surface area contributed by atoms with Gasteiger partial charge in [-0.1, -0.05) is 41.1 Å². The quantitative estimate of drug-likeness (QED) is 0.784. The topological polar surface area (TPSA) is 3.24 Å². The van der Waals surface area contributed by atoms with Crippen molar-refractivity contribution >= 4 is 15.9 Å². The number of rotatable bonds is 2. The maximum Gasteiger partial charge on any atom is 0.0331 e. The Bertz CT molecular complexity index is 350. The van der Waals surface area contributed by atoms with Crippen molar-refractivity contribution in [1.29, 1.82) is 0 Å².